The quantitative estimate of drug-likeness (QED) is 0.904. The summed E-state index contributed by atoms with van der Waals surface area (Å²) in [6, 6.07) is 5.39. The summed E-state index contributed by atoms with van der Waals surface area (Å²) in [6.45, 7) is 1.73. The van der Waals surface area contributed by atoms with Crippen molar-refractivity contribution < 1.29 is 9.18 Å². The Bertz CT molecular complexity index is 694. The maximum absolute atomic E-state index is 13.4. The van der Waals surface area contributed by atoms with Crippen LogP contribution in [0.4, 0.5) is 10.2 Å². The van der Waals surface area contributed by atoms with Crippen molar-refractivity contribution in [3.63, 3.8) is 0 Å². The van der Waals surface area contributed by atoms with E-state index in [9.17, 15) is 9.18 Å². The monoisotopic (exact) mass is 327 g/mol. The van der Waals surface area contributed by atoms with Gasteiger partial charge in [-0.1, -0.05) is 29.3 Å². The number of benzene rings is 1. The van der Waals surface area contributed by atoms with E-state index in [1.54, 1.807) is 13.0 Å². The zero-order chi connectivity index (χ0) is 15.6. The molecule has 1 unspecified atom stereocenters. The summed E-state index contributed by atoms with van der Waals surface area (Å²) in [6.07, 6.45) is 1.33. The number of hydrogen-bond donors (Lipinski definition) is 2. The van der Waals surface area contributed by atoms with Gasteiger partial charge in [0.05, 0.1) is 21.7 Å². The molecule has 1 aromatic carbocycles. The van der Waals surface area contributed by atoms with Gasteiger partial charge in [0.15, 0.2) is 0 Å². The van der Waals surface area contributed by atoms with Crippen LogP contribution in [0.2, 0.25) is 10.0 Å². The molecule has 110 valence electrons. The Labute approximate surface area is 131 Å². The van der Waals surface area contributed by atoms with Crippen LogP contribution in [-0.4, -0.2) is 10.9 Å². The highest BCUT2D eigenvalue weighted by Gasteiger charge is 2.14. The molecule has 3 N–H and O–H groups in total. The third kappa shape index (κ3) is 3.62. The highest BCUT2D eigenvalue weighted by Crippen LogP contribution is 2.21. The van der Waals surface area contributed by atoms with Crippen molar-refractivity contribution in [2.24, 2.45) is 0 Å². The van der Waals surface area contributed by atoms with Crippen LogP contribution >= 0.6 is 23.2 Å². The molecular weight excluding hydrogens is 316 g/mol. The number of nitrogens with one attached hydrogen (secondary N) is 1. The van der Waals surface area contributed by atoms with Crippen LogP contribution in [0, 0.1) is 5.82 Å². The van der Waals surface area contributed by atoms with Crippen LogP contribution in [0.5, 0.6) is 0 Å². The number of halogens is 3. The van der Waals surface area contributed by atoms with Crippen LogP contribution in [0.25, 0.3) is 0 Å². The average molecular weight is 328 g/mol. The highest BCUT2D eigenvalue weighted by molar-refractivity contribution is 6.33. The van der Waals surface area contributed by atoms with Gasteiger partial charge in [-0.25, -0.2) is 9.37 Å². The maximum atomic E-state index is 13.4. The van der Waals surface area contributed by atoms with Crippen molar-refractivity contribution >= 4 is 34.9 Å². The second-order valence-corrected chi connectivity index (χ2v) is 5.27. The minimum absolute atomic E-state index is 0.0341. The summed E-state index contributed by atoms with van der Waals surface area (Å²) in [5.41, 5.74) is 6.35. The van der Waals surface area contributed by atoms with Crippen molar-refractivity contribution in [3.8, 4) is 0 Å². The number of nitrogens with two attached hydrogens (primary N) is 1. The molecule has 1 amide bonds. The minimum atomic E-state index is -0.535. The van der Waals surface area contributed by atoms with Crippen molar-refractivity contribution in [1.29, 1.82) is 0 Å². The van der Waals surface area contributed by atoms with Gasteiger partial charge in [-0.05, 0) is 30.7 Å². The Kier molecular flexibility index (Phi) is 4.65. The molecule has 7 heteroatoms. The van der Waals surface area contributed by atoms with Crippen molar-refractivity contribution in [1.82, 2.24) is 10.3 Å². The molecule has 0 fully saturated rings. The van der Waals surface area contributed by atoms with Crippen molar-refractivity contribution in [2.45, 2.75) is 13.0 Å². The smallest absolute Gasteiger partial charge is 0.253 e. The largest absolute Gasteiger partial charge is 0.382 e. The summed E-state index contributed by atoms with van der Waals surface area (Å²) < 4.78 is 13.4. The Morgan fingerprint density at radius 2 is 2.05 bits per heavy atom. The molecule has 1 atom stereocenters. The molecular formula is C14H12Cl2FN3O. The third-order valence-electron chi connectivity index (χ3n) is 2.92. The number of anilines is 1. The normalized spacial score (nSPS) is 12.0. The van der Waals surface area contributed by atoms with Crippen molar-refractivity contribution in [2.75, 3.05) is 5.73 Å². The van der Waals surface area contributed by atoms with Gasteiger partial charge < -0.3 is 11.1 Å². The number of hydrogen-bond acceptors (Lipinski definition) is 3. The molecule has 2 aromatic rings. The van der Waals surface area contributed by atoms with Gasteiger partial charge in [-0.15, -0.1) is 0 Å². The van der Waals surface area contributed by atoms with E-state index in [-0.39, 0.29) is 27.3 Å². The Hall–Kier alpha value is -1.85. The number of nitrogens with zero attached hydrogens (tertiary/aromatic N) is 1. The second-order valence-electron chi connectivity index (χ2n) is 4.46. The predicted molar refractivity (Wildman–Crippen MR) is 81.0 cm³/mol. The molecule has 0 radical (unpaired) electrons. The first-order valence-corrected chi connectivity index (χ1v) is 6.81. The first-order valence-electron chi connectivity index (χ1n) is 6.05. The standard InChI is InChI=1S/C14H12Cl2FN3O/c1-7(8-2-3-10(15)12(17)5-8)20-14(21)9-4-11(16)13(18)19-6-9/h2-7H,1H3,(H2,18,19)(H,20,21). The molecule has 2 rings (SSSR count). The van der Waals surface area contributed by atoms with E-state index < -0.39 is 11.9 Å². The third-order valence-corrected chi connectivity index (χ3v) is 3.53. The molecule has 1 heterocycles. The fourth-order valence-electron chi connectivity index (χ4n) is 1.72. The van der Waals surface area contributed by atoms with E-state index >= 15 is 0 Å². The lowest BCUT2D eigenvalue weighted by molar-refractivity contribution is 0.0939. The SMILES string of the molecule is CC(NC(=O)c1cnc(N)c(Cl)c1)c1ccc(Cl)c(F)c1. The average Bonchev–Trinajstić information content (AvgIpc) is 2.44. The van der Waals surface area contributed by atoms with E-state index in [1.165, 1.54) is 24.4 Å². The lowest BCUT2D eigenvalue weighted by Gasteiger charge is -2.15. The van der Waals surface area contributed by atoms with E-state index in [2.05, 4.69) is 10.3 Å². The first kappa shape index (κ1) is 15.5. The zero-order valence-corrected chi connectivity index (χ0v) is 12.5. The predicted octanol–water partition coefficient (Wildman–Crippen LogP) is 3.60. The number of nitrogen functional groups attached to an aromatic ring is 1. The number of pyridine rings is 1. The summed E-state index contributed by atoms with van der Waals surface area (Å²) in [7, 11) is 0. The van der Waals surface area contributed by atoms with Crippen LogP contribution < -0.4 is 11.1 Å². The summed E-state index contributed by atoms with van der Waals surface area (Å²) in [5.74, 6) is -0.763. The molecule has 0 saturated heterocycles. The number of carbonyl (C=O) groups is 1. The van der Waals surface area contributed by atoms with E-state index in [0.29, 0.717) is 5.56 Å². The molecule has 0 aliphatic rings. The van der Waals surface area contributed by atoms with E-state index in [1.807, 2.05) is 0 Å². The molecule has 21 heavy (non-hydrogen) atoms. The van der Waals surface area contributed by atoms with Gasteiger partial charge >= 0.3 is 0 Å². The van der Waals surface area contributed by atoms with Crippen molar-refractivity contribution in [3.05, 3.63) is 57.5 Å². The van der Waals surface area contributed by atoms with Gasteiger partial charge in [-0.2, -0.15) is 0 Å². The molecule has 0 aliphatic carbocycles. The Morgan fingerprint density at radius 3 is 2.67 bits per heavy atom. The number of aromatic nitrogens is 1. The number of carbonyl (C=O) groups excluding carboxylic acids is 1. The molecule has 0 aliphatic heterocycles. The topological polar surface area (TPSA) is 68.0 Å². The fraction of sp³-hybridized carbons (Fsp3) is 0.143. The second kappa shape index (κ2) is 6.28. The molecule has 4 nitrogen and oxygen atoms in total. The Morgan fingerprint density at radius 1 is 1.33 bits per heavy atom. The van der Waals surface area contributed by atoms with Gasteiger partial charge in [0, 0.05) is 6.20 Å². The molecule has 1 aromatic heterocycles. The summed E-state index contributed by atoms with van der Waals surface area (Å²) in [5, 5.41) is 2.95. The summed E-state index contributed by atoms with van der Waals surface area (Å²) >= 11 is 11.4. The van der Waals surface area contributed by atoms with Crippen LogP contribution in [-0.2, 0) is 0 Å². The highest BCUT2D eigenvalue weighted by atomic mass is 35.5. The van der Waals surface area contributed by atoms with Crippen LogP contribution in [0.3, 0.4) is 0 Å². The maximum Gasteiger partial charge on any atom is 0.253 e. The van der Waals surface area contributed by atoms with Gasteiger partial charge in [0.25, 0.3) is 5.91 Å². The van der Waals surface area contributed by atoms with Crippen LogP contribution in [0.1, 0.15) is 28.9 Å². The number of amides is 1. The zero-order valence-electron chi connectivity index (χ0n) is 11.0. The first-order chi connectivity index (χ1) is 9.88. The molecule has 0 bridgehead atoms. The van der Waals surface area contributed by atoms with Gasteiger partial charge in [0.1, 0.15) is 11.6 Å². The lowest BCUT2D eigenvalue weighted by atomic mass is 10.1. The fourth-order valence-corrected chi connectivity index (χ4v) is 2.00. The van der Waals surface area contributed by atoms with Gasteiger partial charge in [-0.3, -0.25) is 4.79 Å². The van der Waals surface area contributed by atoms with Crippen LogP contribution in [0.15, 0.2) is 30.5 Å². The van der Waals surface area contributed by atoms with E-state index in [4.69, 9.17) is 28.9 Å². The van der Waals surface area contributed by atoms with Gasteiger partial charge in [0.2, 0.25) is 0 Å². The molecule has 0 saturated carbocycles. The molecule has 0 spiro atoms. The van der Waals surface area contributed by atoms with E-state index in [0.717, 1.165) is 0 Å². The minimum Gasteiger partial charge on any atom is -0.382 e. The number of rotatable bonds is 3. The lowest BCUT2D eigenvalue weighted by Crippen LogP contribution is -2.26. The Balaban J connectivity index is 2.14. The summed E-state index contributed by atoms with van der Waals surface area (Å²) in [4.78, 5) is 15.9.